The molecule has 0 aliphatic rings. The lowest BCUT2D eigenvalue weighted by Gasteiger charge is -2.19. The second-order valence-electron chi connectivity index (χ2n) is 6.34. The Morgan fingerprint density at radius 1 is 1.11 bits per heavy atom. The van der Waals surface area contributed by atoms with E-state index in [0.717, 1.165) is 17.4 Å². The van der Waals surface area contributed by atoms with Crippen LogP contribution in [0.2, 0.25) is 5.02 Å². The monoisotopic (exact) mass is 404 g/mol. The molecule has 0 bridgehead atoms. The van der Waals surface area contributed by atoms with Crippen LogP contribution in [-0.2, 0) is 9.53 Å². The third-order valence-corrected chi connectivity index (χ3v) is 4.37. The number of amides is 1. The Hall–Kier alpha value is -2.44. The summed E-state index contributed by atoms with van der Waals surface area (Å²) < 4.78 is 6.54. The van der Waals surface area contributed by atoms with Gasteiger partial charge in [0, 0.05) is 37.6 Å². The van der Waals surface area contributed by atoms with Gasteiger partial charge in [-0.3, -0.25) is 19.0 Å². The largest absolute Gasteiger partial charge is 0.381 e. The highest BCUT2D eigenvalue weighted by Crippen LogP contribution is 2.16. The van der Waals surface area contributed by atoms with Crippen molar-refractivity contribution < 1.29 is 14.3 Å². The minimum absolute atomic E-state index is 0.266. The first kappa shape index (κ1) is 21.9. The van der Waals surface area contributed by atoms with Gasteiger partial charge in [0.25, 0.3) is 11.5 Å². The topological polar surface area (TPSA) is 77.4 Å². The summed E-state index contributed by atoms with van der Waals surface area (Å²) in [7, 11) is 0. The molecule has 2 aromatic rings. The molecular weight excluding hydrogens is 380 g/mol. The van der Waals surface area contributed by atoms with E-state index in [0.29, 0.717) is 31.7 Å². The van der Waals surface area contributed by atoms with Gasteiger partial charge in [0.05, 0.1) is 5.02 Å². The van der Waals surface area contributed by atoms with Gasteiger partial charge in [-0.1, -0.05) is 55.3 Å². The van der Waals surface area contributed by atoms with Crippen LogP contribution in [0.4, 0.5) is 0 Å². The van der Waals surface area contributed by atoms with Crippen LogP contribution in [-0.4, -0.2) is 36.0 Å². The van der Waals surface area contributed by atoms with Crippen molar-refractivity contribution in [2.24, 2.45) is 0 Å². The van der Waals surface area contributed by atoms with Crippen molar-refractivity contribution in [1.29, 1.82) is 0 Å². The summed E-state index contributed by atoms with van der Waals surface area (Å²) in [5.41, 5.74) is -0.130. The van der Waals surface area contributed by atoms with E-state index in [9.17, 15) is 14.4 Å². The number of rotatable bonds is 11. The molecule has 6 nitrogen and oxygen atoms in total. The zero-order chi connectivity index (χ0) is 20.4. The Morgan fingerprint density at radius 2 is 1.82 bits per heavy atom. The van der Waals surface area contributed by atoms with Crippen molar-refractivity contribution >= 4 is 23.3 Å². The van der Waals surface area contributed by atoms with Gasteiger partial charge in [0.15, 0.2) is 11.8 Å². The number of halogens is 1. The van der Waals surface area contributed by atoms with Crippen molar-refractivity contribution in [2.45, 2.75) is 32.2 Å². The minimum Gasteiger partial charge on any atom is -0.381 e. The second-order valence-corrected chi connectivity index (χ2v) is 6.77. The fraction of sp³-hybridized carbons (Fsp3) is 0.381. The number of hydrogen-bond acceptors (Lipinski definition) is 4. The number of pyridine rings is 1. The highest BCUT2D eigenvalue weighted by Gasteiger charge is 2.30. The number of ketones is 1. The molecule has 1 aromatic carbocycles. The van der Waals surface area contributed by atoms with Crippen molar-refractivity contribution in [3.05, 3.63) is 69.6 Å². The molecular formula is C21H25ClN2O4. The Kier molecular flexibility index (Phi) is 8.91. The number of ether oxygens (including phenoxy) is 1. The van der Waals surface area contributed by atoms with Gasteiger partial charge >= 0.3 is 0 Å². The van der Waals surface area contributed by atoms with Crippen LogP contribution in [0.3, 0.4) is 0 Å². The molecule has 28 heavy (non-hydrogen) atoms. The third-order valence-electron chi connectivity index (χ3n) is 4.14. The van der Waals surface area contributed by atoms with E-state index in [4.69, 9.17) is 16.3 Å². The van der Waals surface area contributed by atoms with Gasteiger partial charge in [0.1, 0.15) is 0 Å². The van der Waals surface area contributed by atoms with Crippen molar-refractivity contribution in [3.63, 3.8) is 0 Å². The molecule has 150 valence electrons. The van der Waals surface area contributed by atoms with Crippen molar-refractivity contribution in [2.75, 3.05) is 19.8 Å². The van der Waals surface area contributed by atoms with Crippen LogP contribution in [0, 0.1) is 0 Å². The first-order valence-corrected chi connectivity index (χ1v) is 9.74. The molecule has 1 aromatic heterocycles. The Balaban J connectivity index is 2.12. The summed E-state index contributed by atoms with van der Waals surface area (Å²) in [6.45, 7) is 3.65. The first-order chi connectivity index (χ1) is 13.5. The zero-order valence-corrected chi connectivity index (χ0v) is 16.7. The summed E-state index contributed by atoms with van der Waals surface area (Å²) in [4.78, 5) is 38.0. The standard InChI is InChI=1S/C21H25ClN2O4/c1-2-3-13-28-14-7-12-23-21(27)19(20(26)16-8-5-4-6-9-16)24-15-17(22)10-11-18(24)25/h4-6,8-11,15,19H,2-3,7,12-14H2,1H3,(H,23,27)/t19-/m1/s1. The number of carbonyl (C=O) groups is 2. The molecule has 0 aliphatic heterocycles. The van der Waals surface area contributed by atoms with E-state index in [1.165, 1.54) is 18.3 Å². The molecule has 0 radical (unpaired) electrons. The molecule has 0 unspecified atom stereocenters. The second kappa shape index (κ2) is 11.4. The number of unbranched alkanes of at least 4 members (excludes halogenated alkanes) is 1. The van der Waals surface area contributed by atoms with Gasteiger partial charge < -0.3 is 10.1 Å². The van der Waals surface area contributed by atoms with Crippen LogP contribution in [0.5, 0.6) is 0 Å². The highest BCUT2D eigenvalue weighted by molar-refractivity contribution is 6.30. The highest BCUT2D eigenvalue weighted by atomic mass is 35.5. The maximum Gasteiger partial charge on any atom is 0.251 e. The van der Waals surface area contributed by atoms with E-state index in [1.807, 2.05) is 0 Å². The number of benzene rings is 1. The molecule has 0 saturated carbocycles. The van der Waals surface area contributed by atoms with Crippen LogP contribution in [0.25, 0.3) is 0 Å². The molecule has 1 amide bonds. The number of nitrogens with one attached hydrogen (secondary N) is 1. The maximum absolute atomic E-state index is 13.0. The van der Waals surface area contributed by atoms with Gasteiger partial charge in [-0.15, -0.1) is 0 Å². The average Bonchev–Trinajstić information content (AvgIpc) is 2.70. The summed E-state index contributed by atoms with van der Waals surface area (Å²) in [6.07, 6.45) is 3.99. The molecule has 1 heterocycles. The van der Waals surface area contributed by atoms with E-state index in [-0.39, 0.29) is 5.02 Å². The molecule has 0 aliphatic carbocycles. The van der Waals surface area contributed by atoms with Crippen molar-refractivity contribution in [1.82, 2.24) is 9.88 Å². The minimum atomic E-state index is -1.32. The molecule has 1 atom stereocenters. The Bertz CT molecular complexity index is 836. The van der Waals surface area contributed by atoms with Crippen LogP contribution < -0.4 is 10.9 Å². The lowest BCUT2D eigenvalue weighted by Crippen LogP contribution is -2.41. The van der Waals surface area contributed by atoms with E-state index in [1.54, 1.807) is 30.3 Å². The lowest BCUT2D eigenvalue weighted by atomic mass is 10.0. The van der Waals surface area contributed by atoms with Crippen LogP contribution >= 0.6 is 11.6 Å². The Labute approximate surface area is 169 Å². The Morgan fingerprint density at radius 3 is 2.54 bits per heavy atom. The number of nitrogens with zero attached hydrogens (tertiary/aromatic N) is 1. The quantitative estimate of drug-likeness (QED) is 0.354. The normalized spacial score (nSPS) is 11.8. The fourth-order valence-corrected chi connectivity index (χ4v) is 2.81. The van der Waals surface area contributed by atoms with Crippen LogP contribution in [0.15, 0.2) is 53.5 Å². The average molecular weight is 405 g/mol. The molecule has 1 N–H and O–H groups in total. The molecule has 0 saturated heterocycles. The van der Waals surface area contributed by atoms with E-state index >= 15 is 0 Å². The summed E-state index contributed by atoms with van der Waals surface area (Å²) in [6, 6.07) is 9.75. The lowest BCUT2D eigenvalue weighted by molar-refractivity contribution is -0.123. The number of carbonyl (C=O) groups excluding carboxylic acids is 2. The predicted octanol–water partition coefficient (Wildman–Crippen LogP) is 3.25. The van der Waals surface area contributed by atoms with Crippen LogP contribution in [0.1, 0.15) is 42.6 Å². The summed E-state index contributed by atoms with van der Waals surface area (Å²) in [5.74, 6) is -1.02. The number of Topliss-reactive ketones (excluding diaryl/α,β-unsaturated/α-hetero) is 1. The smallest absolute Gasteiger partial charge is 0.251 e. The number of aromatic nitrogens is 1. The van der Waals surface area contributed by atoms with E-state index < -0.39 is 23.3 Å². The fourth-order valence-electron chi connectivity index (χ4n) is 2.64. The number of hydrogen-bond donors (Lipinski definition) is 1. The third kappa shape index (κ3) is 6.32. The SMILES string of the molecule is CCCCOCCCNC(=O)[C@@H](C(=O)c1ccccc1)n1cc(Cl)ccc1=O. The molecule has 7 heteroatoms. The summed E-state index contributed by atoms with van der Waals surface area (Å²) >= 11 is 5.98. The maximum atomic E-state index is 13.0. The van der Waals surface area contributed by atoms with Gasteiger partial charge in [-0.25, -0.2) is 0 Å². The molecule has 2 rings (SSSR count). The van der Waals surface area contributed by atoms with Gasteiger partial charge in [0.2, 0.25) is 0 Å². The predicted molar refractivity (Wildman–Crippen MR) is 109 cm³/mol. The first-order valence-electron chi connectivity index (χ1n) is 9.37. The van der Waals surface area contributed by atoms with Gasteiger partial charge in [-0.2, -0.15) is 0 Å². The van der Waals surface area contributed by atoms with Crippen molar-refractivity contribution in [3.8, 4) is 0 Å². The summed E-state index contributed by atoms with van der Waals surface area (Å²) in [5, 5.41) is 2.99. The molecule has 0 spiro atoms. The zero-order valence-electron chi connectivity index (χ0n) is 15.9. The molecule has 0 fully saturated rings. The van der Waals surface area contributed by atoms with Gasteiger partial charge in [-0.05, 0) is 18.9 Å². The van der Waals surface area contributed by atoms with E-state index in [2.05, 4.69) is 12.2 Å².